The van der Waals surface area contributed by atoms with Gasteiger partial charge in [-0.2, -0.15) is 0 Å². The van der Waals surface area contributed by atoms with Crippen molar-refractivity contribution >= 4 is 23.9 Å². The van der Waals surface area contributed by atoms with E-state index >= 15 is 0 Å². The molecule has 0 amide bonds. The molecule has 0 spiro atoms. The average molecular weight is 475 g/mol. The van der Waals surface area contributed by atoms with Gasteiger partial charge < -0.3 is 63.6 Å². The molecule has 2 atom stereocenters. The summed E-state index contributed by atoms with van der Waals surface area (Å²) >= 11 is 0. The maximum Gasteiger partial charge on any atom is 0.321 e. The van der Waals surface area contributed by atoms with Crippen molar-refractivity contribution in [3.05, 3.63) is 0 Å². The van der Waals surface area contributed by atoms with Gasteiger partial charge in [-0.15, -0.1) is 0 Å². The van der Waals surface area contributed by atoms with Crippen LogP contribution in [0.3, 0.4) is 0 Å². The molecule has 0 aliphatic heterocycles. The summed E-state index contributed by atoms with van der Waals surface area (Å²) in [5.41, 5.74) is 14.3. The number of carboxylic acids is 4. The summed E-state index contributed by atoms with van der Waals surface area (Å²) in [7, 11) is 0. The predicted octanol–water partition coefficient (Wildman–Crippen LogP) is -5.17. The van der Waals surface area contributed by atoms with Crippen LogP contribution < -0.4 is 27.8 Å². The molecular formula is C16H37N5O11. The Bertz CT molecular complexity index is 432. The molecule has 0 unspecified atom stereocenters. The lowest BCUT2D eigenvalue weighted by molar-refractivity contribution is -0.146. The van der Waals surface area contributed by atoms with Crippen LogP contribution in [0.25, 0.3) is 0 Å². The van der Waals surface area contributed by atoms with Gasteiger partial charge in [-0.1, -0.05) is 0 Å². The van der Waals surface area contributed by atoms with Crippen LogP contribution in [-0.4, -0.2) is 124 Å². The van der Waals surface area contributed by atoms with Gasteiger partial charge in [-0.05, 0) is 0 Å². The van der Waals surface area contributed by atoms with Gasteiger partial charge in [0, 0.05) is 32.7 Å². The van der Waals surface area contributed by atoms with E-state index in [4.69, 9.17) is 52.9 Å². The normalized spacial score (nSPS) is 11.2. The third kappa shape index (κ3) is 35.0. The molecular weight excluding hydrogens is 438 g/mol. The predicted molar refractivity (Wildman–Crippen MR) is 112 cm³/mol. The molecule has 0 aliphatic carbocycles. The molecule has 0 bridgehead atoms. The first-order valence-corrected chi connectivity index (χ1v) is 9.27. The quantitative estimate of drug-likeness (QED) is 0.104. The third-order valence-corrected chi connectivity index (χ3v) is 2.65. The zero-order valence-corrected chi connectivity index (χ0v) is 17.7. The van der Waals surface area contributed by atoms with Gasteiger partial charge in [0.25, 0.3) is 0 Å². The highest BCUT2D eigenvalue weighted by atomic mass is 16.4. The average Bonchev–Trinajstić information content (AvgIpc) is 2.74. The Balaban J connectivity index is -0.000000267. The number of carboxylic acid groups (broad SMARTS) is 4. The molecule has 16 heteroatoms. The summed E-state index contributed by atoms with van der Waals surface area (Å²) in [6, 6.07) is -2.59. The smallest absolute Gasteiger partial charge is 0.321 e. The van der Waals surface area contributed by atoms with Gasteiger partial charge >= 0.3 is 23.9 Å². The minimum absolute atomic E-state index is 0.0202. The lowest BCUT2D eigenvalue weighted by atomic mass is 10.2. The van der Waals surface area contributed by atoms with Gasteiger partial charge in [0.2, 0.25) is 0 Å². The van der Waals surface area contributed by atoms with Crippen molar-refractivity contribution in [3.63, 3.8) is 0 Å². The van der Waals surface area contributed by atoms with E-state index < -0.39 is 48.8 Å². The van der Waals surface area contributed by atoms with E-state index in [0.29, 0.717) is 19.6 Å². The highest BCUT2D eigenvalue weighted by Crippen LogP contribution is 1.94. The van der Waals surface area contributed by atoms with Gasteiger partial charge in [0.15, 0.2) is 0 Å². The number of carbonyl (C=O) groups is 4. The van der Waals surface area contributed by atoms with Crippen molar-refractivity contribution in [2.45, 2.75) is 24.9 Å². The Kier molecular flexibility index (Phi) is 32.9. The summed E-state index contributed by atoms with van der Waals surface area (Å²) < 4.78 is 0. The minimum atomic E-state index is -1.34. The molecule has 192 valence electrons. The number of rotatable bonds is 14. The molecule has 0 saturated carbocycles. The third-order valence-electron chi connectivity index (χ3n) is 2.65. The van der Waals surface area contributed by atoms with E-state index in [-0.39, 0.29) is 32.9 Å². The fraction of sp³-hybridized carbons (Fsp3) is 0.750. The minimum Gasteiger partial charge on any atom is -0.481 e. The van der Waals surface area contributed by atoms with Crippen LogP contribution >= 0.6 is 0 Å². The largest absolute Gasteiger partial charge is 0.481 e. The summed E-state index contributed by atoms with van der Waals surface area (Å²) in [5.74, 6) is -5.25. The van der Waals surface area contributed by atoms with Crippen molar-refractivity contribution in [3.8, 4) is 0 Å². The second kappa shape index (κ2) is 28.6. The van der Waals surface area contributed by atoms with Crippen molar-refractivity contribution < 1.29 is 54.9 Å². The number of nitrogens with one attached hydrogen (secondary N) is 2. The number of aliphatic carboxylic acids is 4. The van der Waals surface area contributed by atoms with E-state index in [1.165, 1.54) is 0 Å². The van der Waals surface area contributed by atoms with Crippen molar-refractivity contribution in [2.24, 2.45) is 17.2 Å². The van der Waals surface area contributed by atoms with Crippen molar-refractivity contribution in [2.75, 3.05) is 52.5 Å². The highest BCUT2D eigenvalue weighted by Gasteiger charge is 2.22. The SMILES string of the molecule is NCCO.NCCO.NCCO.O=C(O)C[C@H](NCCN[C@@H](CC(=O)O)C(=O)O)C(=O)O. The summed E-state index contributed by atoms with van der Waals surface area (Å²) in [5, 5.41) is 62.5. The summed E-state index contributed by atoms with van der Waals surface area (Å²) in [6.45, 7) is 1.38. The van der Waals surface area contributed by atoms with Crippen LogP contribution in [-0.2, 0) is 19.2 Å². The van der Waals surface area contributed by atoms with Gasteiger partial charge in [0.1, 0.15) is 12.1 Å². The Labute approximate surface area is 185 Å². The molecule has 0 heterocycles. The number of nitrogens with two attached hydrogens (primary N) is 3. The van der Waals surface area contributed by atoms with E-state index in [1.54, 1.807) is 0 Å². The standard InChI is InChI=1S/C10H16N2O8.3C2H7NO/c13-7(14)3-5(9(17)18)11-1-2-12-6(10(19)20)4-8(15)16;3*3-1-2-4/h5-6,11-12H,1-4H2,(H,13,14)(H,15,16)(H,17,18)(H,19,20);3*4H,1-3H2/t5-,6-;;;/m0.../s1. The first-order valence-electron chi connectivity index (χ1n) is 9.27. The second-order valence-corrected chi connectivity index (χ2v) is 5.42. The molecule has 0 saturated heterocycles. The lowest BCUT2D eigenvalue weighted by Crippen LogP contribution is -2.45. The Hall–Kier alpha value is -2.44. The van der Waals surface area contributed by atoms with E-state index in [0.717, 1.165) is 0 Å². The first-order chi connectivity index (χ1) is 15.0. The summed E-state index contributed by atoms with van der Waals surface area (Å²) in [4.78, 5) is 42.2. The van der Waals surface area contributed by atoms with Crippen LogP contribution in [0, 0.1) is 0 Å². The molecule has 0 fully saturated rings. The summed E-state index contributed by atoms with van der Waals surface area (Å²) in [6.07, 6.45) is -1.24. The Morgan fingerprint density at radius 1 is 0.594 bits per heavy atom. The molecule has 0 aliphatic rings. The first kappa shape index (κ1) is 36.9. The molecule has 16 nitrogen and oxygen atoms in total. The maximum atomic E-state index is 10.7. The van der Waals surface area contributed by atoms with E-state index in [1.807, 2.05) is 0 Å². The fourth-order valence-electron chi connectivity index (χ4n) is 1.34. The lowest BCUT2D eigenvalue weighted by Gasteiger charge is -2.15. The molecule has 15 N–H and O–H groups in total. The highest BCUT2D eigenvalue weighted by molar-refractivity contribution is 5.81. The van der Waals surface area contributed by atoms with Gasteiger partial charge in [0.05, 0.1) is 32.7 Å². The van der Waals surface area contributed by atoms with Crippen molar-refractivity contribution in [1.82, 2.24) is 10.6 Å². The Morgan fingerprint density at radius 3 is 0.938 bits per heavy atom. The van der Waals surface area contributed by atoms with Crippen LogP contribution in [0.15, 0.2) is 0 Å². The molecule has 0 rings (SSSR count). The number of aliphatic hydroxyl groups is 3. The number of hydrogen-bond donors (Lipinski definition) is 12. The van der Waals surface area contributed by atoms with E-state index in [9.17, 15) is 19.2 Å². The monoisotopic (exact) mass is 475 g/mol. The molecule has 0 aromatic rings. The Morgan fingerprint density at radius 2 is 0.812 bits per heavy atom. The fourth-order valence-corrected chi connectivity index (χ4v) is 1.34. The molecule has 0 aromatic heterocycles. The van der Waals surface area contributed by atoms with Gasteiger partial charge in [-0.25, -0.2) is 0 Å². The molecule has 32 heavy (non-hydrogen) atoms. The number of hydrogen-bond acceptors (Lipinski definition) is 12. The topological polar surface area (TPSA) is 312 Å². The van der Waals surface area contributed by atoms with Crippen LogP contribution in [0.5, 0.6) is 0 Å². The van der Waals surface area contributed by atoms with Gasteiger partial charge in [-0.3, -0.25) is 19.2 Å². The van der Waals surface area contributed by atoms with E-state index in [2.05, 4.69) is 10.6 Å². The second-order valence-electron chi connectivity index (χ2n) is 5.42. The van der Waals surface area contributed by atoms with Crippen LogP contribution in [0.1, 0.15) is 12.8 Å². The van der Waals surface area contributed by atoms with Crippen LogP contribution in [0.4, 0.5) is 0 Å². The number of aliphatic hydroxyl groups excluding tert-OH is 3. The van der Waals surface area contributed by atoms with Crippen LogP contribution in [0.2, 0.25) is 0 Å². The van der Waals surface area contributed by atoms with Crippen molar-refractivity contribution in [1.29, 1.82) is 0 Å². The molecule has 0 radical (unpaired) electrons. The zero-order chi connectivity index (χ0) is 25.9. The zero-order valence-electron chi connectivity index (χ0n) is 17.7. The molecule has 0 aromatic carbocycles. The maximum absolute atomic E-state index is 10.7.